The molecule has 2 rings (SSSR count). The summed E-state index contributed by atoms with van der Waals surface area (Å²) in [6.45, 7) is 0. The molecule has 90 valence electrons. The van der Waals surface area contributed by atoms with Crippen LogP contribution in [0.25, 0.3) is 11.1 Å². The zero-order valence-corrected chi connectivity index (χ0v) is 9.79. The lowest BCUT2D eigenvalue weighted by Gasteiger charge is -2.07. The van der Waals surface area contributed by atoms with Gasteiger partial charge in [-0.3, -0.25) is 9.59 Å². The minimum absolute atomic E-state index is 0.382. The number of hydrogen-bond acceptors (Lipinski definition) is 4. The number of hydrogen-bond donors (Lipinski definition) is 0. The van der Waals surface area contributed by atoms with Crippen LogP contribution in [0.15, 0.2) is 36.5 Å². The van der Waals surface area contributed by atoms with Gasteiger partial charge in [0.05, 0.1) is 7.11 Å². The third kappa shape index (κ3) is 2.27. The molecule has 0 atom stereocenters. The van der Waals surface area contributed by atoms with E-state index in [1.807, 2.05) is 6.07 Å². The van der Waals surface area contributed by atoms with E-state index in [-0.39, 0.29) is 0 Å². The van der Waals surface area contributed by atoms with Crippen LogP contribution in [0.3, 0.4) is 0 Å². The monoisotopic (exact) mass is 241 g/mol. The Morgan fingerprint density at radius 2 is 2.00 bits per heavy atom. The van der Waals surface area contributed by atoms with Gasteiger partial charge in [0, 0.05) is 29.0 Å². The molecule has 0 radical (unpaired) electrons. The summed E-state index contributed by atoms with van der Waals surface area (Å²) in [6, 6.07) is 8.56. The van der Waals surface area contributed by atoms with Gasteiger partial charge in [-0.25, -0.2) is 4.98 Å². The molecule has 2 aromatic rings. The van der Waals surface area contributed by atoms with Crippen molar-refractivity contribution in [1.29, 1.82) is 0 Å². The number of aromatic nitrogens is 1. The average Bonchev–Trinajstić information content (AvgIpc) is 2.46. The highest BCUT2D eigenvalue weighted by Gasteiger charge is 2.07. The molecule has 0 saturated heterocycles. The number of aldehydes is 2. The maximum absolute atomic E-state index is 11.1. The van der Waals surface area contributed by atoms with Crippen LogP contribution in [0, 0.1) is 0 Å². The number of benzene rings is 1. The first-order valence-electron chi connectivity index (χ1n) is 5.33. The Bertz CT molecular complexity index is 593. The number of rotatable bonds is 4. The van der Waals surface area contributed by atoms with Gasteiger partial charge < -0.3 is 4.74 Å². The number of carbonyl (C=O) groups excluding carboxylic acids is 2. The van der Waals surface area contributed by atoms with Crippen LogP contribution < -0.4 is 4.74 Å². The number of carbonyl (C=O) groups is 2. The van der Waals surface area contributed by atoms with E-state index in [0.717, 1.165) is 18.1 Å². The molecule has 1 heterocycles. The van der Waals surface area contributed by atoms with E-state index in [0.29, 0.717) is 22.6 Å². The van der Waals surface area contributed by atoms with Crippen LogP contribution >= 0.6 is 0 Å². The average molecular weight is 241 g/mol. The van der Waals surface area contributed by atoms with Gasteiger partial charge >= 0.3 is 0 Å². The van der Waals surface area contributed by atoms with E-state index in [2.05, 4.69) is 4.98 Å². The van der Waals surface area contributed by atoms with E-state index in [1.54, 1.807) is 30.5 Å². The fraction of sp³-hybridized carbons (Fsp3) is 0.0714. The molecule has 0 amide bonds. The van der Waals surface area contributed by atoms with E-state index < -0.39 is 0 Å². The third-order valence-electron chi connectivity index (χ3n) is 2.58. The first kappa shape index (κ1) is 12.0. The molecular formula is C14H11NO3. The molecule has 0 N–H and O–H groups in total. The predicted octanol–water partition coefficient (Wildman–Crippen LogP) is 2.38. The minimum Gasteiger partial charge on any atom is -0.481 e. The standard InChI is InChI=1S/C14H11NO3/c1-18-14-6-12(9-17)13(7-15-14)11-4-2-3-10(5-11)8-16/h2-9H,1H3. The lowest BCUT2D eigenvalue weighted by Crippen LogP contribution is -1.94. The highest BCUT2D eigenvalue weighted by Crippen LogP contribution is 2.24. The van der Waals surface area contributed by atoms with E-state index in [9.17, 15) is 9.59 Å². The molecule has 4 nitrogen and oxygen atoms in total. The second-order valence-corrected chi connectivity index (χ2v) is 3.68. The predicted molar refractivity (Wildman–Crippen MR) is 67.0 cm³/mol. The zero-order valence-electron chi connectivity index (χ0n) is 9.79. The van der Waals surface area contributed by atoms with Crippen LogP contribution in [0.5, 0.6) is 5.88 Å². The summed E-state index contributed by atoms with van der Waals surface area (Å²) in [5.74, 6) is 0.382. The Morgan fingerprint density at radius 3 is 2.67 bits per heavy atom. The highest BCUT2D eigenvalue weighted by atomic mass is 16.5. The molecule has 0 aliphatic heterocycles. The minimum atomic E-state index is 0.382. The highest BCUT2D eigenvalue weighted by molar-refractivity contribution is 5.89. The fourth-order valence-corrected chi connectivity index (χ4v) is 1.68. The van der Waals surface area contributed by atoms with Crippen molar-refractivity contribution in [1.82, 2.24) is 4.98 Å². The first-order valence-corrected chi connectivity index (χ1v) is 5.33. The largest absolute Gasteiger partial charge is 0.481 e. The Hall–Kier alpha value is -2.49. The van der Waals surface area contributed by atoms with Gasteiger partial charge in [-0.05, 0) is 11.6 Å². The van der Waals surface area contributed by atoms with Crippen molar-refractivity contribution in [3.63, 3.8) is 0 Å². The van der Waals surface area contributed by atoms with Crippen molar-refractivity contribution in [2.45, 2.75) is 0 Å². The molecule has 0 spiro atoms. The smallest absolute Gasteiger partial charge is 0.213 e. The van der Waals surface area contributed by atoms with E-state index in [4.69, 9.17) is 4.74 Å². The molecule has 18 heavy (non-hydrogen) atoms. The Morgan fingerprint density at radius 1 is 1.17 bits per heavy atom. The van der Waals surface area contributed by atoms with Crippen LogP contribution in [0.4, 0.5) is 0 Å². The molecule has 0 bridgehead atoms. The lowest BCUT2D eigenvalue weighted by atomic mass is 10.0. The van der Waals surface area contributed by atoms with Crippen molar-refractivity contribution in [2.24, 2.45) is 0 Å². The maximum atomic E-state index is 11.1. The summed E-state index contributed by atoms with van der Waals surface area (Å²) >= 11 is 0. The molecule has 0 saturated carbocycles. The van der Waals surface area contributed by atoms with Crippen molar-refractivity contribution in [3.05, 3.63) is 47.7 Å². The number of ether oxygens (including phenoxy) is 1. The summed E-state index contributed by atoms with van der Waals surface area (Å²) in [7, 11) is 1.49. The summed E-state index contributed by atoms with van der Waals surface area (Å²) in [6.07, 6.45) is 3.07. The fourth-order valence-electron chi connectivity index (χ4n) is 1.68. The summed E-state index contributed by atoms with van der Waals surface area (Å²) < 4.78 is 4.97. The van der Waals surface area contributed by atoms with Gasteiger partial charge in [-0.2, -0.15) is 0 Å². The van der Waals surface area contributed by atoms with Crippen LogP contribution in [-0.2, 0) is 0 Å². The van der Waals surface area contributed by atoms with Gasteiger partial charge in [0.1, 0.15) is 6.29 Å². The molecule has 4 heteroatoms. The number of nitrogens with zero attached hydrogens (tertiary/aromatic N) is 1. The number of methoxy groups -OCH3 is 1. The lowest BCUT2D eigenvalue weighted by molar-refractivity contribution is 0.111. The van der Waals surface area contributed by atoms with Crippen LogP contribution in [-0.4, -0.2) is 24.7 Å². The molecule has 0 aliphatic carbocycles. The molecule has 0 unspecified atom stereocenters. The van der Waals surface area contributed by atoms with Crippen LogP contribution in [0.1, 0.15) is 20.7 Å². The first-order chi connectivity index (χ1) is 8.78. The Kier molecular flexibility index (Phi) is 3.48. The molecular weight excluding hydrogens is 230 g/mol. The summed E-state index contributed by atoms with van der Waals surface area (Å²) in [5.41, 5.74) is 2.48. The van der Waals surface area contributed by atoms with Gasteiger partial charge in [0.2, 0.25) is 5.88 Å². The van der Waals surface area contributed by atoms with Gasteiger partial charge in [-0.15, -0.1) is 0 Å². The Balaban J connectivity index is 2.55. The Labute approximate surface area is 104 Å². The normalized spacial score (nSPS) is 9.83. The van der Waals surface area contributed by atoms with Crippen molar-refractivity contribution in [2.75, 3.05) is 7.11 Å². The molecule has 1 aromatic heterocycles. The van der Waals surface area contributed by atoms with Crippen molar-refractivity contribution < 1.29 is 14.3 Å². The molecule has 0 aliphatic rings. The molecule has 0 fully saturated rings. The second-order valence-electron chi connectivity index (χ2n) is 3.68. The summed E-state index contributed by atoms with van der Waals surface area (Å²) in [5, 5.41) is 0. The van der Waals surface area contributed by atoms with Gasteiger partial charge in [0.15, 0.2) is 6.29 Å². The van der Waals surface area contributed by atoms with E-state index >= 15 is 0 Å². The SMILES string of the molecule is COc1cc(C=O)c(-c2cccc(C=O)c2)cn1. The zero-order chi connectivity index (χ0) is 13.0. The van der Waals surface area contributed by atoms with E-state index in [1.165, 1.54) is 7.11 Å². The van der Waals surface area contributed by atoms with Crippen molar-refractivity contribution >= 4 is 12.6 Å². The van der Waals surface area contributed by atoms with Gasteiger partial charge in [-0.1, -0.05) is 18.2 Å². The van der Waals surface area contributed by atoms with Crippen molar-refractivity contribution in [3.8, 4) is 17.0 Å². The van der Waals surface area contributed by atoms with Crippen LogP contribution in [0.2, 0.25) is 0 Å². The maximum Gasteiger partial charge on any atom is 0.213 e. The molecule has 1 aromatic carbocycles. The second kappa shape index (κ2) is 5.23. The van der Waals surface area contributed by atoms with Gasteiger partial charge in [0.25, 0.3) is 0 Å². The summed E-state index contributed by atoms with van der Waals surface area (Å²) in [4.78, 5) is 25.9. The number of pyridine rings is 1. The topological polar surface area (TPSA) is 56.3 Å². The quantitative estimate of drug-likeness (QED) is 0.771. The third-order valence-corrected chi connectivity index (χ3v) is 2.58.